The average molecular weight is 330 g/mol. The number of nitriles is 1. The maximum Gasteiger partial charge on any atom is 0.339 e. The summed E-state index contributed by atoms with van der Waals surface area (Å²) in [4.78, 5) is 25.9. The van der Waals surface area contributed by atoms with Crippen LogP contribution < -0.4 is 4.74 Å². The van der Waals surface area contributed by atoms with E-state index < -0.39 is 5.97 Å². The number of hydrogen-bond donors (Lipinski definition) is 0. The Kier molecular flexibility index (Phi) is 6.19. The van der Waals surface area contributed by atoms with E-state index in [2.05, 4.69) is 13.8 Å². The molecule has 0 aliphatic carbocycles. The second-order valence-electron chi connectivity index (χ2n) is 5.98. The second kappa shape index (κ2) is 8.34. The van der Waals surface area contributed by atoms with Crippen LogP contribution in [0.3, 0.4) is 0 Å². The molecule has 1 aliphatic heterocycles. The van der Waals surface area contributed by atoms with Gasteiger partial charge in [0.2, 0.25) is 0 Å². The quantitative estimate of drug-likeness (QED) is 0.775. The molecule has 2 atom stereocenters. The van der Waals surface area contributed by atoms with Crippen molar-refractivity contribution in [2.75, 3.05) is 13.2 Å². The van der Waals surface area contributed by atoms with Crippen LogP contribution in [-0.2, 0) is 9.53 Å². The van der Waals surface area contributed by atoms with Crippen LogP contribution in [0.25, 0.3) is 0 Å². The van der Waals surface area contributed by atoms with Gasteiger partial charge in [0.05, 0.1) is 5.56 Å². The summed E-state index contributed by atoms with van der Waals surface area (Å²) in [7, 11) is 0. The minimum Gasteiger partial charge on any atom is -0.484 e. The molecule has 6 nitrogen and oxygen atoms in total. The van der Waals surface area contributed by atoms with E-state index in [4.69, 9.17) is 14.7 Å². The molecule has 0 N–H and O–H groups in total. The maximum atomic E-state index is 12.4. The smallest absolute Gasteiger partial charge is 0.339 e. The lowest BCUT2D eigenvalue weighted by molar-refractivity contribution is -0.139. The average Bonchev–Trinajstić information content (AvgIpc) is 2.58. The van der Waals surface area contributed by atoms with Gasteiger partial charge in [0, 0.05) is 12.1 Å². The Balaban J connectivity index is 1.89. The molecule has 1 amide bonds. The van der Waals surface area contributed by atoms with Crippen molar-refractivity contribution in [2.45, 2.75) is 45.2 Å². The van der Waals surface area contributed by atoms with Gasteiger partial charge < -0.3 is 14.4 Å². The summed E-state index contributed by atoms with van der Waals surface area (Å²) in [6.07, 6.45) is 3.20. The van der Waals surface area contributed by atoms with Crippen LogP contribution in [0, 0.1) is 11.3 Å². The summed E-state index contributed by atoms with van der Waals surface area (Å²) < 4.78 is 10.3. The van der Waals surface area contributed by atoms with Crippen molar-refractivity contribution in [1.82, 2.24) is 4.90 Å². The van der Waals surface area contributed by atoms with Crippen molar-refractivity contribution in [3.63, 3.8) is 0 Å². The van der Waals surface area contributed by atoms with E-state index >= 15 is 0 Å². The Labute approximate surface area is 142 Å². The Hall–Kier alpha value is -2.55. The maximum absolute atomic E-state index is 12.4. The van der Waals surface area contributed by atoms with Gasteiger partial charge in [-0.3, -0.25) is 4.79 Å². The molecule has 1 aromatic rings. The number of carbonyl (C=O) groups is 2. The monoisotopic (exact) mass is 330 g/mol. The molecule has 0 radical (unpaired) electrons. The third-order valence-electron chi connectivity index (χ3n) is 4.20. The van der Waals surface area contributed by atoms with Crippen molar-refractivity contribution in [3.8, 4) is 11.8 Å². The number of esters is 1. The molecule has 1 aliphatic rings. The summed E-state index contributed by atoms with van der Waals surface area (Å²) in [5.41, 5.74) is 0.335. The predicted octanol–water partition coefficient (Wildman–Crippen LogP) is 2.54. The number of benzene rings is 1. The lowest BCUT2D eigenvalue weighted by Crippen LogP contribution is -2.49. The zero-order valence-electron chi connectivity index (χ0n) is 14.0. The molecule has 1 heterocycles. The highest BCUT2D eigenvalue weighted by atomic mass is 16.5. The van der Waals surface area contributed by atoms with Crippen molar-refractivity contribution in [3.05, 3.63) is 29.8 Å². The van der Waals surface area contributed by atoms with Gasteiger partial charge in [-0.25, -0.2) is 4.79 Å². The van der Waals surface area contributed by atoms with Gasteiger partial charge in [-0.15, -0.1) is 0 Å². The lowest BCUT2D eigenvalue weighted by Gasteiger charge is -2.38. The number of nitrogens with zero attached hydrogens (tertiary/aromatic N) is 2. The molecule has 0 spiro atoms. The standard InChI is InChI=1S/C18H22N2O4/c1-13-4-3-5-14(2)20(13)17(21)12-24-16-8-6-15(7-9-16)18(22)23-11-10-19/h6-9,13-14H,3-5,11-12H2,1-2H3/t13-,14-/m0/s1. The molecule has 2 rings (SSSR count). The Morgan fingerprint density at radius 2 is 1.83 bits per heavy atom. The fraction of sp³-hybridized carbons (Fsp3) is 0.500. The fourth-order valence-corrected chi connectivity index (χ4v) is 3.00. The van der Waals surface area contributed by atoms with Crippen LogP contribution in [0.4, 0.5) is 0 Å². The Morgan fingerprint density at radius 3 is 2.42 bits per heavy atom. The molecule has 6 heteroatoms. The van der Waals surface area contributed by atoms with Crippen LogP contribution in [0.15, 0.2) is 24.3 Å². The van der Waals surface area contributed by atoms with E-state index in [1.165, 1.54) is 0 Å². The van der Waals surface area contributed by atoms with Gasteiger partial charge in [-0.2, -0.15) is 5.26 Å². The zero-order chi connectivity index (χ0) is 17.5. The highest BCUT2D eigenvalue weighted by Gasteiger charge is 2.28. The fourth-order valence-electron chi connectivity index (χ4n) is 3.00. The van der Waals surface area contributed by atoms with E-state index in [0.29, 0.717) is 11.3 Å². The highest BCUT2D eigenvalue weighted by molar-refractivity contribution is 5.89. The topological polar surface area (TPSA) is 79.6 Å². The van der Waals surface area contributed by atoms with Crippen molar-refractivity contribution in [2.24, 2.45) is 0 Å². The van der Waals surface area contributed by atoms with Crippen LogP contribution >= 0.6 is 0 Å². The van der Waals surface area contributed by atoms with E-state index in [-0.39, 0.29) is 31.2 Å². The minimum absolute atomic E-state index is 0.0209. The molecule has 24 heavy (non-hydrogen) atoms. The van der Waals surface area contributed by atoms with Gasteiger partial charge in [-0.1, -0.05) is 0 Å². The van der Waals surface area contributed by atoms with Gasteiger partial charge in [0.25, 0.3) is 5.91 Å². The molecule has 0 unspecified atom stereocenters. The van der Waals surface area contributed by atoms with E-state index in [1.807, 2.05) is 4.90 Å². The number of carbonyl (C=O) groups excluding carboxylic acids is 2. The first kappa shape index (κ1) is 17.8. The molecule has 1 saturated heterocycles. The van der Waals surface area contributed by atoms with Gasteiger partial charge in [-0.05, 0) is 57.4 Å². The van der Waals surface area contributed by atoms with E-state index in [0.717, 1.165) is 19.3 Å². The Bertz CT molecular complexity index is 611. The minimum atomic E-state index is -0.560. The molecular weight excluding hydrogens is 308 g/mol. The van der Waals surface area contributed by atoms with Crippen LogP contribution in [0.1, 0.15) is 43.5 Å². The van der Waals surface area contributed by atoms with E-state index in [1.54, 1.807) is 30.3 Å². The largest absolute Gasteiger partial charge is 0.484 e. The first-order chi connectivity index (χ1) is 11.5. The lowest BCUT2D eigenvalue weighted by atomic mass is 9.97. The second-order valence-corrected chi connectivity index (χ2v) is 5.98. The summed E-state index contributed by atoms with van der Waals surface area (Å²) in [5.74, 6) is -0.0696. The van der Waals surface area contributed by atoms with Crippen LogP contribution in [0.2, 0.25) is 0 Å². The summed E-state index contributed by atoms with van der Waals surface area (Å²) in [6.45, 7) is 3.83. The molecule has 1 fully saturated rings. The SMILES string of the molecule is C[C@H]1CCC[C@H](C)N1C(=O)COc1ccc(C(=O)OCC#N)cc1. The Morgan fingerprint density at radius 1 is 1.21 bits per heavy atom. The van der Waals surface area contributed by atoms with Crippen molar-refractivity contribution >= 4 is 11.9 Å². The van der Waals surface area contributed by atoms with Crippen molar-refractivity contribution < 1.29 is 19.1 Å². The van der Waals surface area contributed by atoms with Crippen LogP contribution in [-0.4, -0.2) is 42.1 Å². The molecule has 0 bridgehead atoms. The normalized spacial score (nSPS) is 20.1. The van der Waals surface area contributed by atoms with E-state index in [9.17, 15) is 9.59 Å². The van der Waals surface area contributed by atoms with Gasteiger partial charge >= 0.3 is 5.97 Å². The van der Waals surface area contributed by atoms with Gasteiger partial charge in [0.1, 0.15) is 11.8 Å². The number of rotatable bonds is 5. The third-order valence-corrected chi connectivity index (χ3v) is 4.20. The van der Waals surface area contributed by atoms with Crippen LogP contribution in [0.5, 0.6) is 5.75 Å². The predicted molar refractivity (Wildman–Crippen MR) is 87.5 cm³/mol. The summed E-state index contributed by atoms with van der Waals surface area (Å²) >= 11 is 0. The first-order valence-electron chi connectivity index (χ1n) is 8.11. The summed E-state index contributed by atoms with van der Waals surface area (Å²) in [5, 5.41) is 8.39. The van der Waals surface area contributed by atoms with Gasteiger partial charge in [0.15, 0.2) is 13.2 Å². The zero-order valence-corrected chi connectivity index (χ0v) is 14.0. The molecule has 0 aromatic heterocycles. The number of hydrogen-bond acceptors (Lipinski definition) is 5. The molecule has 0 saturated carbocycles. The third kappa shape index (κ3) is 4.48. The number of amides is 1. The summed E-state index contributed by atoms with van der Waals surface area (Å²) in [6, 6.07) is 8.53. The highest BCUT2D eigenvalue weighted by Crippen LogP contribution is 2.23. The number of ether oxygens (including phenoxy) is 2. The molecular formula is C18H22N2O4. The van der Waals surface area contributed by atoms with Crippen molar-refractivity contribution in [1.29, 1.82) is 5.26 Å². The first-order valence-corrected chi connectivity index (χ1v) is 8.11. The number of likely N-dealkylation sites (tertiary alicyclic amines) is 1. The molecule has 1 aromatic carbocycles. The number of piperidine rings is 1. The molecule has 128 valence electrons.